The molecule has 0 N–H and O–H groups in total. The highest BCUT2D eigenvalue weighted by atomic mass is 19.1. The number of carbonyl (C=O) groups is 1. The Bertz CT molecular complexity index is 596. The fourth-order valence-electron chi connectivity index (χ4n) is 1.87. The minimum absolute atomic E-state index is 0.168. The number of ether oxygens (including phenoxy) is 2. The van der Waals surface area contributed by atoms with Gasteiger partial charge in [-0.2, -0.15) is 0 Å². The molecule has 2 rings (SSSR count). The van der Waals surface area contributed by atoms with Crippen LogP contribution in [0.2, 0.25) is 0 Å². The van der Waals surface area contributed by atoms with E-state index in [0.29, 0.717) is 16.9 Å². The standard InChI is InChI=1S/C16H15FO3/c1-19-16-7-6-12(9-18)8-14(16)11-20-10-13-4-2-3-5-15(13)17/h2-9H,10-11H2,1H3. The van der Waals surface area contributed by atoms with Crippen molar-refractivity contribution in [1.29, 1.82) is 0 Å². The summed E-state index contributed by atoms with van der Waals surface area (Å²) in [6.45, 7) is 0.417. The van der Waals surface area contributed by atoms with E-state index in [0.717, 1.165) is 11.8 Å². The van der Waals surface area contributed by atoms with Gasteiger partial charge in [-0.05, 0) is 24.3 Å². The number of carbonyl (C=O) groups excluding carboxylic acids is 1. The van der Waals surface area contributed by atoms with Crippen molar-refractivity contribution in [3.05, 3.63) is 65.0 Å². The first-order valence-electron chi connectivity index (χ1n) is 6.18. The zero-order chi connectivity index (χ0) is 14.4. The molecule has 104 valence electrons. The molecule has 3 nitrogen and oxygen atoms in total. The van der Waals surface area contributed by atoms with Gasteiger partial charge < -0.3 is 9.47 Å². The fourth-order valence-corrected chi connectivity index (χ4v) is 1.87. The van der Waals surface area contributed by atoms with Crippen LogP contribution in [0.15, 0.2) is 42.5 Å². The molecule has 0 atom stereocenters. The molecule has 20 heavy (non-hydrogen) atoms. The molecular weight excluding hydrogens is 259 g/mol. The van der Waals surface area contributed by atoms with Crippen LogP contribution in [0.3, 0.4) is 0 Å². The van der Waals surface area contributed by atoms with E-state index in [2.05, 4.69) is 0 Å². The zero-order valence-electron chi connectivity index (χ0n) is 11.1. The molecule has 0 saturated carbocycles. The summed E-state index contributed by atoms with van der Waals surface area (Å²) < 4.78 is 24.1. The number of aldehydes is 1. The largest absolute Gasteiger partial charge is 0.496 e. The average molecular weight is 274 g/mol. The van der Waals surface area contributed by atoms with Crippen molar-refractivity contribution in [3.63, 3.8) is 0 Å². The van der Waals surface area contributed by atoms with Gasteiger partial charge in [-0.25, -0.2) is 4.39 Å². The molecule has 0 aliphatic carbocycles. The molecule has 0 aromatic heterocycles. The Morgan fingerprint density at radius 3 is 2.55 bits per heavy atom. The Labute approximate surface area is 117 Å². The lowest BCUT2D eigenvalue weighted by atomic mass is 10.1. The van der Waals surface area contributed by atoms with E-state index in [-0.39, 0.29) is 19.0 Å². The Hall–Kier alpha value is -2.20. The molecular formula is C16H15FO3. The van der Waals surface area contributed by atoms with Gasteiger partial charge in [0.05, 0.1) is 20.3 Å². The maximum absolute atomic E-state index is 13.4. The summed E-state index contributed by atoms with van der Waals surface area (Å²) in [5, 5.41) is 0. The Morgan fingerprint density at radius 1 is 1.10 bits per heavy atom. The molecule has 0 spiro atoms. The highest BCUT2D eigenvalue weighted by molar-refractivity contribution is 5.75. The van der Waals surface area contributed by atoms with Crippen molar-refractivity contribution in [2.24, 2.45) is 0 Å². The van der Waals surface area contributed by atoms with Crippen molar-refractivity contribution in [2.45, 2.75) is 13.2 Å². The Kier molecular flexibility index (Phi) is 4.85. The van der Waals surface area contributed by atoms with E-state index in [1.54, 1.807) is 43.5 Å². The maximum Gasteiger partial charge on any atom is 0.150 e. The van der Waals surface area contributed by atoms with E-state index in [9.17, 15) is 9.18 Å². The summed E-state index contributed by atoms with van der Waals surface area (Å²) in [6.07, 6.45) is 0.764. The van der Waals surface area contributed by atoms with Crippen molar-refractivity contribution in [3.8, 4) is 5.75 Å². The SMILES string of the molecule is COc1ccc(C=O)cc1COCc1ccccc1F. The molecule has 2 aromatic carbocycles. The third kappa shape index (κ3) is 3.42. The second-order valence-electron chi connectivity index (χ2n) is 4.27. The number of benzene rings is 2. The van der Waals surface area contributed by atoms with Gasteiger partial charge in [0, 0.05) is 16.7 Å². The van der Waals surface area contributed by atoms with Crippen LogP contribution in [-0.2, 0) is 18.0 Å². The van der Waals surface area contributed by atoms with Crippen LogP contribution < -0.4 is 4.74 Å². The third-order valence-electron chi connectivity index (χ3n) is 2.91. The van der Waals surface area contributed by atoms with Crippen molar-refractivity contribution in [1.82, 2.24) is 0 Å². The quantitative estimate of drug-likeness (QED) is 0.758. The number of hydrogen-bond acceptors (Lipinski definition) is 3. The predicted octanol–water partition coefficient (Wildman–Crippen LogP) is 3.36. The van der Waals surface area contributed by atoms with Crippen LogP contribution in [0.5, 0.6) is 5.75 Å². The molecule has 0 unspecified atom stereocenters. The van der Waals surface area contributed by atoms with E-state index < -0.39 is 0 Å². The van der Waals surface area contributed by atoms with Crippen LogP contribution in [0.25, 0.3) is 0 Å². The van der Waals surface area contributed by atoms with Gasteiger partial charge in [-0.15, -0.1) is 0 Å². The first-order chi connectivity index (χ1) is 9.74. The maximum atomic E-state index is 13.4. The molecule has 0 amide bonds. The summed E-state index contributed by atoms with van der Waals surface area (Å²) in [5.41, 5.74) is 1.81. The lowest BCUT2D eigenvalue weighted by molar-refractivity contribution is 0.103. The summed E-state index contributed by atoms with van der Waals surface area (Å²) in [7, 11) is 1.55. The normalized spacial score (nSPS) is 10.3. The van der Waals surface area contributed by atoms with Gasteiger partial charge in [0.1, 0.15) is 17.9 Å². The summed E-state index contributed by atoms with van der Waals surface area (Å²) in [4.78, 5) is 10.8. The number of methoxy groups -OCH3 is 1. The van der Waals surface area contributed by atoms with Crippen LogP contribution in [0, 0.1) is 5.82 Å². The van der Waals surface area contributed by atoms with Gasteiger partial charge in [0.25, 0.3) is 0 Å². The first-order valence-corrected chi connectivity index (χ1v) is 6.18. The van der Waals surface area contributed by atoms with Crippen molar-refractivity contribution in [2.75, 3.05) is 7.11 Å². The summed E-state index contributed by atoms with van der Waals surface area (Å²) >= 11 is 0. The minimum Gasteiger partial charge on any atom is -0.496 e. The predicted molar refractivity (Wildman–Crippen MR) is 73.3 cm³/mol. The van der Waals surface area contributed by atoms with Crippen molar-refractivity contribution >= 4 is 6.29 Å². The van der Waals surface area contributed by atoms with E-state index >= 15 is 0 Å². The lowest BCUT2D eigenvalue weighted by Crippen LogP contribution is -1.99. The van der Waals surface area contributed by atoms with Crippen LogP contribution >= 0.6 is 0 Å². The molecule has 0 fully saturated rings. The molecule has 0 bridgehead atoms. The van der Waals surface area contributed by atoms with E-state index in [1.807, 2.05) is 0 Å². The number of rotatable bonds is 6. The number of halogens is 1. The molecule has 0 radical (unpaired) electrons. The topological polar surface area (TPSA) is 35.5 Å². The molecule has 0 aliphatic heterocycles. The average Bonchev–Trinajstić information content (AvgIpc) is 2.49. The summed E-state index contributed by atoms with van der Waals surface area (Å²) in [6, 6.07) is 11.6. The zero-order valence-corrected chi connectivity index (χ0v) is 11.1. The second-order valence-corrected chi connectivity index (χ2v) is 4.27. The van der Waals surface area contributed by atoms with Crippen LogP contribution in [0.1, 0.15) is 21.5 Å². The molecule has 0 aliphatic rings. The monoisotopic (exact) mass is 274 g/mol. The lowest BCUT2D eigenvalue weighted by Gasteiger charge is -2.10. The second kappa shape index (κ2) is 6.82. The van der Waals surface area contributed by atoms with E-state index in [1.165, 1.54) is 6.07 Å². The van der Waals surface area contributed by atoms with Gasteiger partial charge in [-0.3, -0.25) is 4.79 Å². The molecule has 0 heterocycles. The van der Waals surface area contributed by atoms with Gasteiger partial charge >= 0.3 is 0 Å². The van der Waals surface area contributed by atoms with Crippen LogP contribution in [-0.4, -0.2) is 13.4 Å². The highest BCUT2D eigenvalue weighted by Crippen LogP contribution is 2.21. The van der Waals surface area contributed by atoms with Gasteiger partial charge in [0.2, 0.25) is 0 Å². The molecule has 2 aromatic rings. The van der Waals surface area contributed by atoms with Gasteiger partial charge in [-0.1, -0.05) is 18.2 Å². The fraction of sp³-hybridized carbons (Fsp3) is 0.188. The third-order valence-corrected chi connectivity index (χ3v) is 2.91. The van der Waals surface area contributed by atoms with Crippen LogP contribution in [0.4, 0.5) is 4.39 Å². The Balaban J connectivity index is 2.03. The summed E-state index contributed by atoms with van der Waals surface area (Å²) in [5.74, 6) is 0.352. The van der Waals surface area contributed by atoms with E-state index in [4.69, 9.17) is 9.47 Å². The van der Waals surface area contributed by atoms with Crippen molar-refractivity contribution < 1.29 is 18.7 Å². The first kappa shape index (κ1) is 14.2. The highest BCUT2D eigenvalue weighted by Gasteiger charge is 2.06. The minimum atomic E-state index is -0.291. The smallest absolute Gasteiger partial charge is 0.150 e. The molecule has 4 heteroatoms. The van der Waals surface area contributed by atoms with Gasteiger partial charge in [0.15, 0.2) is 0 Å². The Morgan fingerprint density at radius 2 is 1.85 bits per heavy atom. The molecule has 0 saturated heterocycles. The number of hydrogen-bond donors (Lipinski definition) is 0.